The minimum atomic E-state index is -1.05. The Morgan fingerprint density at radius 3 is 2.80 bits per heavy atom. The third-order valence-corrected chi connectivity index (χ3v) is 6.79. The first-order chi connectivity index (χ1) is 17.0. The highest BCUT2D eigenvalue weighted by Gasteiger charge is 2.21. The van der Waals surface area contributed by atoms with E-state index in [9.17, 15) is 9.90 Å². The zero-order valence-corrected chi connectivity index (χ0v) is 20.5. The van der Waals surface area contributed by atoms with Gasteiger partial charge in [0.1, 0.15) is 17.5 Å². The van der Waals surface area contributed by atoms with E-state index in [4.69, 9.17) is 9.84 Å². The first kappa shape index (κ1) is 23.0. The molecule has 5 rings (SSSR count). The summed E-state index contributed by atoms with van der Waals surface area (Å²) >= 11 is 1.54. The van der Waals surface area contributed by atoms with Gasteiger partial charge in [-0.1, -0.05) is 19.9 Å². The maximum atomic E-state index is 12.0. The van der Waals surface area contributed by atoms with Gasteiger partial charge < -0.3 is 15.2 Å². The van der Waals surface area contributed by atoms with Crippen LogP contribution in [0.25, 0.3) is 16.1 Å². The van der Waals surface area contributed by atoms with Crippen molar-refractivity contribution >= 4 is 28.9 Å². The summed E-state index contributed by atoms with van der Waals surface area (Å²) in [6.07, 6.45) is 7.75. The standard InChI is InChI=1S/C26H27N5O3S/c1-16(2)11-19-13-23(30-31(19)18-8-9-27-24(14-18)34-20-5-3-6-20)29-25-21(26(32)33)12-17(15-28-25)22-7-4-10-35-22/h4,7-10,12-16,20H,3,5-6,11H2,1-2H3,(H,32,33)(H,28,29,30). The first-order valence-electron chi connectivity index (χ1n) is 11.7. The summed E-state index contributed by atoms with van der Waals surface area (Å²) in [7, 11) is 0. The zero-order chi connectivity index (χ0) is 24.4. The molecule has 1 aliphatic carbocycles. The third-order valence-electron chi connectivity index (χ3n) is 5.87. The second-order valence-corrected chi connectivity index (χ2v) is 10.0. The Balaban J connectivity index is 1.46. The smallest absolute Gasteiger partial charge is 0.339 e. The van der Waals surface area contributed by atoms with Gasteiger partial charge in [0.15, 0.2) is 5.82 Å². The lowest BCUT2D eigenvalue weighted by Gasteiger charge is -2.25. The summed E-state index contributed by atoms with van der Waals surface area (Å²) in [5.74, 6) is 0.725. The van der Waals surface area contributed by atoms with Gasteiger partial charge >= 0.3 is 5.97 Å². The second-order valence-electron chi connectivity index (χ2n) is 9.08. The molecular formula is C26H27N5O3S. The second kappa shape index (κ2) is 9.87. The molecule has 1 aliphatic rings. The quantitative estimate of drug-likeness (QED) is 0.299. The molecule has 1 fully saturated rings. The Hall–Kier alpha value is -3.72. The lowest BCUT2D eigenvalue weighted by atomic mass is 9.96. The van der Waals surface area contributed by atoms with Gasteiger partial charge in [0.25, 0.3) is 0 Å². The SMILES string of the molecule is CC(C)Cc1cc(Nc2ncc(-c3cccs3)cc2C(=O)O)nn1-c1ccnc(OC2CCC2)c1. The Morgan fingerprint density at radius 1 is 1.26 bits per heavy atom. The van der Waals surface area contributed by atoms with Crippen molar-refractivity contribution in [2.45, 2.75) is 45.6 Å². The van der Waals surface area contributed by atoms with E-state index in [1.54, 1.807) is 29.8 Å². The molecular weight excluding hydrogens is 462 g/mol. The minimum Gasteiger partial charge on any atom is -0.478 e. The van der Waals surface area contributed by atoms with Gasteiger partial charge in [0.2, 0.25) is 5.88 Å². The molecule has 4 heterocycles. The zero-order valence-electron chi connectivity index (χ0n) is 19.6. The number of thiophene rings is 1. The highest BCUT2D eigenvalue weighted by molar-refractivity contribution is 7.13. The molecule has 0 atom stereocenters. The molecule has 0 unspecified atom stereocenters. The number of nitrogens with zero attached hydrogens (tertiary/aromatic N) is 4. The number of aromatic nitrogens is 4. The summed E-state index contributed by atoms with van der Waals surface area (Å²) in [6, 6.07) is 11.2. The van der Waals surface area contributed by atoms with E-state index in [0.717, 1.165) is 41.1 Å². The fourth-order valence-corrected chi connectivity index (χ4v) is 4.66. The molecule has 0 saturated heterocycles. The van der Waals surface area contributed by atoms with Crippen molar-refractivity contribution in [2.24, 2.45) is 5.92 Å². The van der Waals surface area contributed by atoms with Crippen LogP contribution < -0.4 is 10.1 Å². The number of nitrogens with one attached hydrogen (secondary N) is 1. The van der Waals surface area contributed by atoms with Gasteiger partial charge in [-0.3, -0.25) is 0 Å². The number of carboxylic acids is 1. The monoisotopic (exact) mass is 489 g/mol. The number of carboxylic acid groups (broad SMARTS) is 1. The van der Waals surface area contributed by atoms with E-state index < -0.39 is 5.97 Å². The van der Waals surface area contributed by atoms with Crippen LogP contribution in [-0.2, 0) is 6.42 Å². The van der Waals surface area contributed by atoms with Gasteiger partial charge in [0.05, 0.1) is 5.69 Å². The van der Waals surface area contributed by atoms with E-state index in [-0.39, 0.29) is 17.5 Å². The van der Waals surface area contributed by atoms with Crippen LogP contribution in [0, 0.1) is 5.92 Å². The number of aromatic carboxylic acids is 1. The van der Waals surface area contributed by atoms with Gasteiger partial charge in [-0.25, -0.2) is 19.4 Å². The maximum absolute atomic E-state index is 12.0. The number of anilines is 2. The molecule has 0 aliphatic heterocycles. The predicted octanol–water partition coefficient (Wildman–Crippen LogP) is 5.96. The normalized spacial score (nSPS) is 13.6. The van der Waals surface area contributed by atoms with Crippen molar-refractivity contribution in [3.8, 4) is 22.0 Å². The molecule has 0 radical (unpaired) electrons. The predicted molar refractivity (Wildman–Crippen MR) is 136 cm³/mol. The van der Waals surface area contributed by atoms with Crippen LogP contribution >= 0.6 is 11.3 Å². The highest BCUT2D eigenvalue weighted by atomic mass is 32.1. The number of ether oxygens (including phenoxy) is 1. The van der Waals surface area contributed by atoms with E-state index in [1.807, 2.05) is 40.4 Å². The number of hydrogen-bond acceptors (Lipinski definition) is 7. The van der Waals surface area contributed by atoms with Crippen LogP contribution in [0.5, 0.6) is 5.88 Å². The number of pyridine rings is 2. The Bertz CT molecular complexity index is 1330. The van der Waals surface area contributed by atoms with Crippen LogP contribution in [0.4, 0.5) is 11.6 Å². The fraction of sp³-hybridized carbons (Fsp3) is 0.308. The van der Waals surface area contributed by atoms with E-state index in [2.05, 4.69) is 29.1 Å². The summed E-state index contributed by atoms with van der Waals surface area (Å²) < 4.78 is 7.84. The molecule has 4 aromatic heterocycles. The largest absolute Gasteiger partial charge is 0.478 e. The van der Waals surface area contributed by atoms with Crippen molar-refractivity contribution in [3.05, 3.63) is 65.4 Å². The first-order valence-corrected chi connectivity index (χ1v) is 12.6. The molecule has 0 aromatic carbocycles. The summed E-state index contributed by atoms with van der Waals surface area (Å²) in [4.78, 5) is 21.8. The van der Waals surface area contributed by atoms with Crippen molar-refractivity contribution in [1.82, 2.24) is 19.7 Å². The number of hydrogen-bond donors (Lipinski definition) is 2. The van der Waals surface area contributed by atoms with Crippen LogP contribution in [0.3, 0.4) is 0 Å². The lowest BCUT2D eigenvalue weighted by Crippen LogP contribution is -2.25. The number of carbonyl (C=O) groups is 1. The minimum absolute atomic E-state index is 0.0935. The Kier molecular flexibility index (Phi) is 6.50. The summed E-state index contributed by atoms with van der Waals surface area (Å²) in [5.41, 5.74) is 2.70. The van der Waals surface area contributed by atoms with E-state index >= 15 is 0 Å². The molecule has 180 valence electrons. The molecule has 0 amide bonds. The van der Waals surface area contributed by atoms with E-state index in [0.29, 0.717) is 17.6 Å². The molecule has 35 heavy (non-hydrogen) atoms. The van der Waals surface area contributed by atoms with Gasteiger partial charge in [-0.2, -0.15) is 0 Å². The summed E-state index contributed by atoms with van der Waals surface area (Å²) in [5, 5.41) is 19.7. The third kappa shape index (κ3) is 5.19. The van der Waals surface area contributed by atoms with Crippen molar-refractivity contribution in [1.29, 1.82) is 0 Å². The highest BCUT2D eigenvalue weighted by Crippen LogP contribution is 2.30. The summed E-state index contributed by atoms with van der Waals surface area (Å²) in [6.45, 7) is 4.30. The Morgan fingerprint density at radius 2 is 2.11 bits per heavy atom. The van der Waals surface area contributed by atoms with Crippen LogP contribution in [0.15, 0.2) is 54.2 Å². The van der Waals surface area contributed by atoms with Crippen molar-refractivity contribution in [2.75, 3.05) is 5.32 Å². The maximum Gasteiger partial charge on any atom is 0.339 e. The molecule has 0 bridgehead atoms. The van der Waals surface area contributed by atoms with Crippen LogP contribution in [0.1, 0.15) is 49.2 Å². The van der Waals surface area contributed by atoms with E-state index in [1.165, 1.54) is 6.42 Å². The van der Waals surface area contributed by atoms with Crippen LogP contribution in [-0.4, -0.2) is 36.9 Å². The molecule has 2 N–H and O–H groups in total. The van der Waals surface area contributed by atoms with Crippen LogP contribution in [0.2, 0.25) is 0 Å². The molecule has 0 spiro atoms. The topological polar surface area (TPSA) is 102 Å². The van der Waals surface area contributed by atoms with Crippen molar-refractivity contribution < 1.29 is 14.6 Å². The molecule has 1 saturated carbocycles. The van der Waals surface area contributed by atoms with Gasteiger partial charge in [0, 0.05) is 40.7 Å². The number of rotatable bonds is 9. The van der Waals surface area contributed by atoms with Crippen molar-refractivity contribution in [3.63, 3.8) is 0 Å². The Labute approximate surface area is 207 Å². The van der Waals surface area contributed by atoms with Gasteiger partial charge in [-0.05, 0) is 55.2 Å². The molecule has 9 heteroatoms. The molecule has 4 aromatic rings. The molecule has 8 nitrogen and oxygen atoms in total. The average molecular weight is 490 g/mol. The van der Waals surface area contributed by atoms with Gasteiger partial charge in [-0.15, -0.1) is 16.4 Å². The lowest BCUT2D eigenvalue weighted by molar-refractivity contribution is 0.0697. The average Bonchev–Trinajstić information content (AvgIpc) is 3.47. The fourth-order valence-electron chi connectivity index (χ4n) is 3.95.